The summed E-state index contributed by atoms with van der Waals surface area (Å²) < 4.78 is 6.21. The second-order valence-electron chi connectivity index (χ2n) is 10.9. The Kier molecular flexibility index (Phi) is 8.95. The Morgan fingerprint density at radius 1 is 1.06 bits per heavy atom. The molecule has 1 aromatic carbocycles. The topological polar surface area (TPSA) is 56.3 Å². The van der Waals surface area contributed by atoms with Crippen LogP contribution in [0.5, 0.6) is 5.75 Å². The minimum atomic E-state index is -0.400. The molecule has 1 aliphatic carbocycles. The van der Waals surface area contributed by atoms with Crippen LogP contribution in [-0.2, 0) is 9.59 Å². The molecule has 2 aliphatic heterocycles. The molecule has 0 N–H and O–H groups in total. The maximum Gasteiger partial charge on any atom is 0.236 e. The van der Waals surface area contributed by atoms with Crippen molar-refractivity contribution in [2.24, 2.45) is 5.41 Å². The Bertz CT molecular complexity index is 870. The van der Waals surface area contributed by atoms with E-state index in [1.807, 2.05) is 28.0 Å². The molecule has 3 fully saturated rings. The molecule has 0 bridgehead atoms. The lowest BCUT2D eigenvalue weighted by Crippen LogP contribution is -2.54. The number of carbonyl (C=O) groups is 2. The van der Waals surface area contributed by atoms with Crippen LogP contribution in [0.15, 0.2) is 24.3 Å². The number of rotatable bonds is 8. The molecule has 1 atom stereocenters. The first-order valence-electron chi connectivity index (χ1n) is 13.2. The van der Waals surface area contributed by atoms with Crippen molar-refractivity contribution >= 4 is 23.4 Å². The Morgan fingerprint density at radius 2 is 1.80 bits per heavy atom. The van der Waals surface area contributed by atoms with Crippen molar-refractivity contribution < 1.29 is 14.3 Å². The molecule has 0 aromatic heterocycles. The summed E-state index contributed by atoms with van der Waals surface area (Å²) in [6.45, 7) is 5.47. The first-order chi connectivity index (χ1) is 16.8. The van der Waals surface area contributed by atoms with Crippen molar-refractivity contribution in [1.82, 2.24) is 19.6 Å². The van der Waals surface area contributed by atoms with Crippen molar-refractivity contribution in [2.75, 3.05) is 66.5 Å². The van der Waals surface area contributed by atoms with Crippen LogP contribution in [0, 0.1) is 5.41 Å². The molecule has 8 heteroatoms. The van der Waals surface area contributed by atoms with E-state index in [2.05, 4.69) is 23.9 Å². The van der Waals surface area contributed by atoms with Crippen LogP contribution in [-0.4, -0.2) is 104 Å². The average Bonchev–Trinajstić information content (AvgIpc) is 3.39. The minimum Gasteiger partial charge on any atom is -0.493 e. The molecule has 2 amide bonds. The van der Waals surface area contributed by atoms with Crippen LogP contribution >= 0.6 is 11.6 Å². The molecular weight excluding hydrogens is 464 g/mol. The van der Waals surface area contributed by atoms with E-state index in [0.717, 1.165) is 45.6 Å². The van der Waals surface area contributed by atoms with Gasteiger partial charge in [0.2, 0.25) is 11.8 Å². The molecule has 35 heavy (non-hydrogen) atoms. The van der Waals surface area contributed by atoms with E-state index in [1.165, 1.54) is 25.7 Å². The van der Waals surface area contributed by atoms with Gasteiger partial charge in [-0.15, -0.1) is 0 Å². The highest BCUT2D eigenvalue weighted by molar-refractivity contribution is 6.30. The van der Waals surface area contributed by atoms with Crippen molar-refractivity contribution in [3.63, 3.8) is 0 Å². The van der Waals surface area contributed by atoms with Gasteiger partial charge in [0.05, 0.1) is 13.2 Å². The number of piperidine rings is 1. The maximum absolute atomic E-state index is 13.4. The Balaban J connectivity index is 1.45. The molecule has 7 nitrogen and oxygen atoms in total. The fourth-order valence-electron chi connectivity index (χ4n) is 5.80. The lowest BCUT2D eigenvalue weighted by atomic mass is 9.77. The van der Waals surface area contributed by atoms with Crippen LogP contribution in [0.4, 0.5) is 0 Å². The second-order valence-corrected chi connectivity index (χ2v) is 11.3. The number of carbonyl (C=O) groups excluding carboxylic acids is 2. The number of halogens is 1. The molecule has 1 saturated carbocycles. The molecular formula is C27H41ClN4O3. The predicted octanol–water partition coefficient (Wildman–Crippen LogP) is 3.37. The fraction of sp³-hybridized carbons (Fsp3) is 0.704. The van der Waals surface area contributed by atoms with E-state index < -0.39 is 5.41 Å². The van der Waals surface area contributed by atoms with Gasteiger partial charge in [0.1, 0.15) is 5.75 Å². The van der Waals surface area contributed by atoms with Crippen LogP contribution in [0.1, 0.15) is 44.9 Å². The van der Waals surface area contributed by atoms with Crippen molar-refractivity contribution in [1.29, 1.82) is 0 Å². The number of likely N-dealkylation sites (N-methyl/N-ethyl adjacent to an activating group) is 2. The van der Waals surface area contributed by atoms with Gasteiger partial charge in [-0.25, -0.2) is 0 Å². The second kappa shape index (κ2) is 11.9. The van der Waals surface area contributed by atoms with Gasteiger partial charge in [-0.2, -0.15) is 0 Å². The lowest BCUT2D eigenvalue weighted by molar-refractivity contribution is -0.143. The first-order valence-corrected chi connectivity index (χ1v) is 13.5. The zero-order valence-electron chi connectivity index (χ0n) is 21.4. The molecule has 2 heterocycles. The third-order valence-electron chi connectivity index (χ3n) is 8.07. The lowest BCUT2D eigenvalue weighted by Gasteiger charge is -2.44. The Labute approximate surface area is 215 Å². The molecule has 1 aromatic rings. The smallest absolute Gasteiger partial charge is 0.236 e. The van der Waals surface area contributed by atoms with Crippen LogP contribution in [0.25, 0.3) is 0 Å². The number of piperazine rings is 1. The SMILES string of the molecule is CN1CCN(C(=O)C[C@@]2(COc3cccc(Cl)c3)CCCN(C(=O)CN(C)C3CCCC3)C2)CC1. The third-order valence-corrected chi connectivity index (χ3v) is 8.31. The zero-order valence-corrected chi connectivity index (χ0v) is 22.1. The molecule has 0 radical (unpaired) electrons. The Morgan fingerprint density at radius 3 is 2.51 bits per heavy atom. The van der Waals surface area contributed by atoms with Gasteiger partial charge in [0.15, 0.2) is 0 Å². The summed E-state index contributed by atoms with van der Waals surface area (Å²) in [5.41, 5.74) is -0.400. The van der Waals surface area contributed by atoms with Gasteiger partial charge in [0.25, 0.3) is 0 Å². The summed E-state index contributed by atoms with van der Waals surface area (Å²) in [5, 5.41) is 0.625. The van der Waals surface area contributed by atoms with Crippen molar-refractivity contribution in [3.05, 3.63) is 29.3 Å². The third kappa shape index (κ3) is 7.11. The number of ether oxygens (including phenoxy) is 1. The minimum absolute atomic E-state index is 0.165. The predicted molar refractivity (Wildman–Crippen MR) is 139 cm³/mol. The van der Waals surface area contributed by atoms with Gasteiger partial charge in [-0.3, -0.25) is 14.5 Å². The number of hydrogen-bond donors (Lipinski definition) is 0. The summed E-state index contributed by atoms with van der Waals surface area (Å²) in [6, 6.07) is 7.90. The Hall–Kier alpha value is -1.83. The molecule has 2 saturated heterocycles. The fourth-order valence-corrected chi connectivity index (χ4v) is 5.98. The molecule has 194 valence electrons. The van der Waals surface area contributed by atoms with E-state index in [4.69, 9.17) is 16.3 Å². The molecule has 0 unspecified atom stereocenters. The summed E-state index contributed by atoms with van der Waals surface area (Å²) in [4.78, 5) is 35.2. The van der Waals surface area contributed by atoms with E-state index in [-0.39, 0.29) is 11.8 Å². The van der Waals surface area contributed by atoms with Gasteiger partial charge >= 0.3 is 0 Å². The van der Waals surface area contributed by atoms with E-state index >= 15 is 0 Å². The van der Waals surface area contributed by atoms with Crippen LogP contribution in [0.3, 0.4) is 0 Å². The normalized spacial score (nSPS) is 24.2. The summed E-state index contributed by atoms with van der Waals surface area (Å²) >= 11 is 6.16. The maximum atomic E-state index is 13.4. The van der Waals surface area contributed by atoms with Crippen molar-refractivity contribution in [2.45, 2.75) is 51.0 Å². The van der Waals surface area contributed by atoms with E-state index in [9.17, 15) is 9.59 Å². The highest BCUT2D eigenvalue weighted by Crippen LogP contribution is 2.36. The quantitative estimate of drug-likeness (QED) is 0.543. The monoisotopic (exact) mass is 504 g/mol. The van der Waals surface area contributed by atoms with Gasteiger partial charge in [-0.1, -0.05) is 30.5 Å². The van der Waals surface area contributed by atoms with Crippen molar-refractivity contribution in [3.8, 4) is 5.75 Å². The van der Waals surface area contributed by atoms with Gasteiger partial charge in [0, 0.05) is 62.2 Å². The number of nitrogens with zero attached hydrogens (tertiary/aromatic N) is 4. The number of amides is 2. The number of benzene rings is 1. The highest BCUT2D eigenvalue weighted by atomic mass is 35.5. The first kappa shape index (κ1) is 26.2. The average molecular weight is 505 g/mol. The molecule has 4 rings (SSSR count). The largest absolute Gasteiger partial charge is 0.493 e. The summed E-state index contributed by atoms with van der Waals surface area (Å²) in [6.07, 6.45) is 7.03. The number of likely N-dealkylation sites (tertiary alicyclic amines) is 1. The number of hydrogen-bond acceptors (Lipinski definition) is 5. The standard InChI is InChI=1S/C27H41ClN4O3/c1-29-13-15-31(16-14-29)25(33)18-27(21-35-24-10-5-7-22(28)17-24)11-6-12-32(20-27)26(34)19-30(2)23-8-3-4-9-23/h5,7,10,17,23H,3-4,6,8-9,11-16,18-21H2,1-2H3/t27-/m0/s1. The van der Waals surface area contributed by atoms with Gasteiger partial charge in [-0.05, 0) is 58.0 Å². The summed E-state index contributed by atoms with van der Waals surface area (Å²) in [7, 11) is 4.17. The zero-order chi connectivity index (χ0) is 24.8. The van der Waals surface area contributed by atoms with E-state index in [0.29, 0.717) is 42.9 Å². The van der Waals surface area contributed by atoms with Crippen LogP contribution in [0.2, 0.25) is 5.02 Å². The van der Waals surface area contributed by atoms with Crippen LogP contribution < -0.4 is 4.74 Å². The van der Waals surface area contributed by atoms with Gasteiger partial charge < -0.3 is 19.4 Å². The molecule has 3 aliphatic rings. The summed E-state index contributed by atoms with van der Waals surface area (Å²) in [5.74, 6) is 1.04. The highest BCUT2D eigenvalue weighted by Gasteiger charge is 2.41. The molecule has 0 spiro atoms. The van der Waals surface area contributed by atoms with E-state index in [1.54, 1.807) is 6.07 Å².